The molecule has 4 heteroatoms. The standard InChI is InChI=1S/C8H13N3S/c9-7-2-1-4-11(6-7)8-10-3-5-12-8/h3,5,7H,1-2,4,6,9H2/t7-/m1/s1. The van der Waals surface area contributed by atoms with E-state index in [0.29, 0.717) is 6.04 Å². The molecule has 0 spiro atoms. The molecular weight excluding hydrogens is 170 g/mol. The van der Waals surface area contributed by atoms with Gasteiger partial charge in [-0.25, -0.2) is 4.98 Å². The number of aromatic nitrogens is 1. The lowest BCUT2D eigenvalue weighted by Gasteiger charge is -2.30. The second kappa shape index (κ2) is 3.41. The second-order valence-corrected chi connectivity index (χ2v) is 4.04. The SMILES string of the molecule is N[C@@H]1CCCN(c2nccs2)C1. The average Bonchev–Trinajstić information content (AvgIpc) is 2.56. The molecule has 0 saturated carbocycles. The minimum absolute atomic E-state index is 0.336. The molecule has 0 aliphatic carbocycles. The monoisotopic (exact) mass is 183 g/mol. The number of nitrogens with two attached hydrogens (primary N) is 1. The highest BCUT2D eigenvalue weighted by molar-refractivity contribution is 7.13. The molecule has 0 bridgehead atoms. The molecule has 0 radical (unpaired) electrons. The van der Waals surface area contributed by atoms with Gasteiger partial charge in [-0.2, -0.15) is 0 Å². The van der Waals surface area contributed by atoms with E-state index in [9.17, 15) is 0 Å². The molecule has 0 aromatic carbocycles. The molecule has 1 aromatic heterocycles. The summed E-state index contributed by atoms with van der Waals surface area (Å²) in [6.45, 7) is 2.08. The Morgan fingerprint density at radius 3 is 3.25 bits per heavy atom. The van der Waals surface area contributed by atoms with E-state index < -0.39 is 0 Å². The minimum atomic E-state index is 0.336. The first-order valence-electron chi connectivity index (χ1n) is 4.26. The third kappa shape index (κ3) is 1.59. The van der Waals surface area contributed by atoms with Gasteiger partial charge >= 0.3 is 0 Å². The van der Waals surface area contributed by atoms with Crippen LogP contribution in [0.5, 0.6) is 0 Å². The molecule has 2 heterocycles. The fourth-order valence-corrected chi connectivity index (χ4v) is 2.24. The highest BCUT2D eigenvalue weighted by Gasteiger charge is 2.17. The minimum Gasteiger partial charge on any atom is -0.347 e. The van der Waals surface area contributed by atoms with Gasteiger partial charge in [0.15, 0.2) is 5.13 Å². The summed E-state index contributed by atoms with van der Waals surface area (Å²) in [4.78, 5) is 6.54. The van der Waals surface area contributed by atoms with Crippen molar-refractivity contribution in [3.63, 3.8) is 0 Å². The smallest absolute Gasteiger partial charge is 0.185 e. The predicted molar refractivity (Wildman–Crippen MR) is 51.5 cm³/mol. The van der Waals surface area contributed by atoms with Crippen LogP contribution in [0.2, 0.25) is 0 Å². The van der Waals surface area contributed by atoms with Gasteiger partial charge in [0, 0.05) is 30.7 Å². The van der Waals surface area contributed by atoms with E-state index >= 15 is 0 Å². The number of thiazole rings is 1. The van der Waals surface area contributed by atoms with Gasteiger partial charge < -0.3 is 10.6 Å². The molecule has 2 N–H and O–H groups in total. The lowest BCUT2D eigenvalue weighted by molar-refractivity contribution is 0.505. The molecule has 1 fully saturated rings. The van der Waals surface area contributed by atoms with E-state index in [4.69, 9.17) is 5.73 Å². The van der Waals surface area contributed by atoms with Crippen molar-refractivity contribution in [1.82, 2.24) is 4.98 Å². The summed E-state index contributed by atoms with van der Waals surface area (Å²) in [5, 5.41) is 3.13. The largest absolute Gasteiger partial charge is 0.347 e. The zero-order valence-electron chi connectivity index (χ0n) is 6.94. The zero-order chi connectivity index (χ0) is 8.39. The number of hydrogen-bond acceptors (Lipinski definition) is 4. The van der Waals surface area contributed by atoms with E-state index in [0.717, 1.165) is 24.6 Å². The summed E-state index contributed by atoms with van der Waals surface area (Å²) >= 11 is 1.69. The van der Waals surface area contributed by atoms with Crippen molar-refractivity contribution in [3.05, 3.63) is 11.6 Å². The first-order chi connectivity index (χ1) is 5.86. The van der Waals surface area contributed by atoms with Crippen LogP contribution in [0.1, 0.15) is 12.8 Å². The molecule has 0 amide bonds. The van der Waals surface area contributed by atoms with Crippen molar-refractivity contribution < 1.29 is 0 Å². The molecular formula is C8H13N3S. The Morgan fingerprint density at radius 2 is 2.58 bits per heavy atom. The van der Waals surface area contributed by atoms with Crippen molar-refractivity contribution in [3.8, 4) is 0 Å². The lowest BCUT2D eigenvalue weighted by atomic mass is 10.1. The van der Waals surface area contributed by atoms with Gasteiger partial charge in [-0.3, -0.25) is 0 Å². The van der Waals surface area contributed by atoms with Crippen LogP contribution >= 0.6 is 11.3 Å². The summed E-state index contributed by atoms with van der Waals surface area (Å²) in [5.41, 5.74) is 5.87. The molecule has 1 aliphatic rings. The Hall–Kier alpha value is -0.610. The van der Waals surface area contributed by atoms with E-state index in [-0.39, 0.29) is 0 Å². The van der Waals surface area contributed by atoms with Crippen molar-refractivity contribution in [2.75, 3.05) is 18.0 Å². The maximum atomic E-state index is 5.87. The van der Waals surface area contributed by atoms with Gasteiger partial charge in [-0.05, 0) is 12.8 Å². The molecule has 12 heavy (non-hydrogen) atoms. The topological polar surface area (TPSA) is 42.1 Å². The van der Waals surface area contributed by atoms with Crippen LogP contribution in [0.15, 0.2) is 11.6 Å². The third-order valence-corrected chi connectivity index (χ3v) is 2.98. The Balaban J connectivity index is 2.04. The van der Waals surface area contributed by atoms with Crippen molar-refractivity contribution in [2.45, 2.75) is 18.9 Å². The quantitative estimate of drug-likeness (QED) is 0.708. The normalized spacial score (nSPS) is 24.4. The first-order valence-corrected chi connectivity index (χ1v) is 5.14. The Morgan fingerprint density at radius 1 is 1.67 bits per heavy atom. The second-order valence-electron chi connectivity index (χ2n) is 3.16. The first kappa shape index (κ1) is 8.01. The van der Waals surface area contributed by atoms with Crippen molar-refractivity contribution in [1.29, 1.82) is 0 Å². The summed E-state index contributed by atoms with van der Waals surface area (Å²) in [6.07, 6.45) is 4.20. The molecule has 66 valence electrons. The van der Waals surface area contributed by atoms with Gasteiger partial charge in [0.05, 0.1) is 0 Å². The van der Waals surface area contributed by atoms with Crippen LogP contribution < -0.4 is 10.6 Å². The fourth-order valence-electron chi connectivity index (χ4n) is 1.56. The third-order valence-electron chi connectivity index (χ3n) is 2.15. The van der Waals surface area contributed by atoms with Crippen molar-refractivity contribution in [2.24, 2.45) is 5.73 Å². The molecule has 1 aliphatic heterocycles. The van der Waals surface area contributed by atoms with E-state index in [1.165, 1.54) is 6.42 Å². The maximum Gasteiger partial charge on any atom is 0.185 e. The Kier molecular flexibility index (Phi) is 2.28. The van der Waals surface area contributed by atoms with Crippen LogP contribution in [0, 0.1) is 0 Å². The molecule has 0 unspecified atom stereocenters. The maximum absolute atomic E-state index is 5.87. The number of nitrogens with zero attached hydrogens (tertiary/aromatic N) is 2. The van der Waals surface area contributed by atoms with Crippen molar-refractivity contribution >= 4 is 16.5 Å². The molecule has 1 saturated heterocycles. The van der Waals surface area contributed by atoms with Crippen LogP contribution in [-0.4, -0.2) is 24.1 Å². The van der Waals surface area contributed by atoms with Gasteiger partial charge in [0.1, 0.15) is 0 Å². The van der Waals surface area contributed by atoms with E-state index in [1.54, 1.807) is 11.3 Å². The van der Waals surface area contributed by atoms with Crippen LogP contribution in [-0.2, 0) is 0 Å². The van der Waals surface area contributed by atoms with E-state index in [2.05, 4.69) is 9.88 Å². The summed E-state index contributed by atoms with van der Waals surface area (Å²) in [5.74, 6) is 0. The average molecular weight is 183 g/mol. The number of rotatable bonds is 1. The summed E-state index contributed by atoms with van der Waals surface area (Å²) < 4.78 is 0. The molecule has 2 rings (SSSR count). The van der Waals surface area contributed by atoms with Crippen LogP contribution in [0.3, 0.4) is 0 Å². The molecule has 1 aromatic rings. The molecule has 1 atom stereocenters. The van der Waals surface area contributed by atoms with Crippen LogP contribution in [0.4, 0.5) is 5.13 Å². The predicted octanol–water partition coefficient (Wildman–Crippen LogP) is 1.07. The van der Waals surface area contributed by atoms with Crippen LogP contribution in [0.25, 0.3) is 0 Å². The highest BCUT2D eigenvalue weighted by Crippen LogP contribution is 2.20. The number of piperidine rings is 1. The fraction of sp³-hybridized carbons (Fsp3) is 0.625. The van der Waals surface area contributed by atoms with E-state index in [1.807, 2.05) is 11.6 Å². The zero-order valence-corrected chi connectivity index (χ0v) is 7.76. The number of anilines is 1. The lowest BCUT2D eigenvalue weighted by Crippen LogP contribution is -2.42. The van der Waals surface area contributed by atoms with Gasteiger partial charge in [0.25, 0.3) is 0 Å². The molecule has 3 nitrogen and oxygen atoms in total. The Bertz CT molecular complexity index is 234. The highest BCUT2D eigenvalue weighted by atomic mass is 32.1. The Labute approximate surface area is 76.2 Å². The van der Waals surface area contributed by atoms with Gasteiger partial charge in [-0.1, -0.05) is 0 Å². The summed E-state index contributed by atoms with van der Waals surface area (Å²) in [7, 11) is 0. The summed E-state index contributed by atoms with van der Waals surface area (Å²) in [6, 6.07) is 0.336. The van der Waals surface area contributed by atoms with Gasteiger partial charge in [-0.15, -0.1) is 11.3 Å². The number of hydrogen-bond donors (Lipinski definition) is 1. The van der Waals surface area contributed by atoms with Gasteiger partial charge in [0.2, 0.25) is 0 Å².